The van der Waals surface area contributed by atoms with Crippen molar-refractivity contribution in [1.82, 2.24) is 0 Å². The lowest BCUT2D eigenvalue weighted by Crippen LogP contribution is -2.10. The first-order chi connectivity index (χ1) is 9.36. The van der Waals surface area contributed by atoms with E-state index in [2.05, 4.69) is 41.2 Å². The third kappa shape index (κ3) is 1.50. The fourth-order valence-corrected chi connectivity index (χ4v) is 3.43. The summed E-state index contributed by atoms with van der Waals surface area (Å²) in [5.41, 5.74) is 15.5. The van der Waals surface area contributed by atoms with Gasteiger partial charge in [-0.05, 0) is 46.4 Å². The molecule has 0 aromatic heterocycles. The van der Waals surface area contributed by atoms with E-state index in [9.17, 15) is 0 Å². The second-order valence-corrected chi connectivity index (χ2v) is 5.39. The van der Waals surface area contributed by atoms with Crippen LogP contribution in [0.2, 0.25) is 0 Å². The van der Waals surface area contributed by atoms with Gasteiger partial charge >= 0.3 is 0 Å². The predicted octanol–water partition coefficient (Wildman–Crippen LogP) is 4.00. The first-order valence-corrected chi connectivity index (χ1v) is 6.82. The van der Waals surface area contributed by atoms with Crippen molar-refractivity contribution >= 4 is 22.1 Å². The molecule has 2 heteroatoms. The van der Waals surface area contributed by atoms with Gasteiger partial charge < -0.3 is 5.53 Å². The van der Waals surface area contributed by atoms with E-state index in [0.717, 1.165) is 31.4 Å². The smallest absolute Gasteiger partial charge is 0.295 e. The van der Waals surface area contributed by atoms with Crippen LogP contribution in [0, 0.1) is 0 Å². The third-order valence-electron chi connectivity index (χ3n) is 4.34. The Labute approximate surface area is 112 Å². The standard InChI is InChI=1S/C17H14N2/c18-19-17-7-3-6-14-15-9-12-5-2-1-4-11(12)8-13(15)10-16(14)17/h1-2,4-5,8-9H,3,6-7,10H2. The zero-order valence-corrected chi connectivity index (χ0v) is 10.7. The molecule has 0 bridgehead atoms. The monoisotopic (exact) mass is 246 g/mol. The average molecular weight is 246 g/mol. The van der Waals surface area contributed by atoms with Gasteiger partial charge in [-0.2, -0.15) is 4.79 Å². The maximum Gasteiger partial charge on any atom is 0.295 e. The molecule has 0 saturated carbocycles. The summed E-state index contributed by atoms with van der Waals surface area (Å²) in [5.74, 6) is 0. The van der Waals surface area contributed by atoms with E-state index < -0.39 is 0 Å². The Morgan fingerprint density at radius 2 is 1.74 bits per heavy atom. The minimum absolute atomic E-state index is 0.890. The van der Waals surface area contributed by atoms with Crippen molar-refractivity contribution in [3.63, 3.8) is 0 Å². The van der Waals surface area contributed by atoms with E-state index in [1.54, 1.807) is 0 Å². The molecule has 0 aliphatic heterocycles. The molecule has 2 aliphatic carbocycles. The van der Waals surface area contributed by atoms with E-state index in [4.69, 9.17) is 5.53 Å². The van der Waals surface area contributed by atoms with E-state index in [1.165, 1.54) is 33.0 Å². The number of hydrogen-bond acceptors (Lipinski definition) is 0. The topological polar surface area (TPSA) is 36.4 Å². The number of allylic oxidation sites excluding steroid dienone is 2. The number of rotatable bonds is 0. The summed E-state index contributed by atoms with van der Waals surface area (Å²) >= 11 is 0. The molecule has 0 fully saturated rings. The van der Waals surface area contributed by atoms with Gasteiger partial charge in [-0.25, -0.2) is 0 Å². The first kappa shape index (κ1) is 10.7. The van der Waals surface area contributed by atoms with Gasteiger partial charge in [0.1, 0.15) is 0 Å². The number of hydrogen-bond donors (Lipinski definition) is 0. The summed E-state index contributed by atoms with van der Waals surface area (Å²) in [6.07, 6.45) is 4.03. The Hall–Kier alpha value is -2.18. The molecule has 0 N–H and O–H groups in total. The van der Waals surface area contributed by atoms with Crippen molar-refractivity contribution in [1.29, 1.82) is 0 Å². The van der Waals surface area contributed by atoms with Crippen LogP contribution in [0.3, 0.4) is 0 Å². The van der Waals surface area contributed by atoms with Crippen molar-refractivity contribution < 1.29 is 4.79 Å². The summed E-state index contributed by atoms with van der Waals surface area (Å²) in [7, 11) is 0. The Balaban J connectivity index is 1.97. The van der Waals surface area contributed by atoms with Gasteiger partial charge in [0.15, 0.2) is 0 Å². The molecule has 0 saturated heterocycles. The van der Waals surface area contributed by atoms with E-state index in [0.29, 0.717) is 0 Å². The zero-order valence-electron chi connectivity index (χ0n) is 10.7. The van der Waals surface area contributed by atoms with Gasteiger partial charge in [-0.1, -0.05) is 30.3 Å². The predicted molar refractivity (Wildman–Crippen MR) is 77.0 cm³/mol. The van der Waals surface area contributed by atoms with Crippen LogP contribution in [0.25, 0.3) is 21.9 Å². The van der Waals surface area contributed by atoms with Crippen molar-refractivity contribution in [3.05, 3.63) is 58.6 Å². The largest absolute Gasteiger partial charge is 0.361 e. The van der Waals surface area contributed by atoms with E-state index in [1.807, 2.05) is 0 Å². The summed E-state index contributed by atoms with van der Waals surface area (Å²) in [5, 5.41) is 2.59. The molecule has 0 atom stereocenters. The lowest BCUT2D eigenvalue weighted by molar-refractivity contribution is -0.00782. The molecular weight excluding hydrogens is 232 g/mol. The first-order valence-electron chi connectivity index (χ1n) is 6.82. The van der Waals surface area contributed by atoms with Crippen LogP contribution < -0.4 is 0 Å². The molecule has 2 nitrogen and oxygen atoms in total. The SMILES string of the molecule is [N-]=[N+]=C1CCCC2=C1Cc1cc3ccccc3cc12. The molecule has 19 heavy (non-hydrogen) atoms. The van der Waals surface area contributed by atoms with Crippen LogP contribution in [-0.4, -0.2) is 10.5 Å². The fraction of sp³-hybridized carbons (Fsp3) is 0.235. The maximum absolute atomic E-state index is 9.16. The Bertz CT molecular complexity index is 777. The molecule has 2 aromatic carbocycles. The summed E-state index contributed by atoms with van der Waals surface area (Å²) in [6, 6.07) is 13.1. The number of benzene rings is 2. The lowest BCUT2D eigenvalue weighted by atomic mass is 9.90. The van der Waals surface area contributed by atoms with Gasteiger partial charge in [0.2, 0.25) is 0 Å². The molecule has 0 radical (unpaired) electrons. The maximum atomic E-state index is 9.16. The Kier molecular flexibility index (Phi) is 2.20. The van der Waals surface area contributed by atoms with Gasteiger partial charge in [0.05, 0.1) is 6.42 Å². The normalized spacial score (nSPS) is 17.4. The highest BCUT2D eigenvalue weighted by atomic mass is 14.9. The average Bonchev–Trinajstić information content (AvgIpc) is 2.82. The highest BCUT2D eigenvalue weighted by Gasteiger charge is 2.32. The molecule has 0 unspecified atom stereocenters. The summed E-state index contributed by atoms with van der Waals surface area (Å²) < 4.78 is 0. The Morgan fingerprint density at radius 1 is 0.947 bits per heavy atom. The van der Waals surface area contributed by atoms with Gasteiger partial charge in [0.25, 0.3) is 5.71 Å². The highest BCUT2D eigenvalue weighted by Crippen LogP contribution is 2.41. The minimum Gasteiger partial charge on any atom is -0.361 e. The van der Waals surface area contributed by atoms with Crippen LogP contribution in [0.5, 0.6) is 0 Å². The fourth-order valence-electron chi connectivity index (χ4n) is 3.43. The molecule has 2 aliphatic rings. The van der Waals surface area contributed by atoms with E-state index >= 15 is 0 Å². The zero-order chi connectivity index (χ0) is 12.8. The van der Waals surface area contributed by atoms with Gasteiger partial charge in [0, 0.05) is 12.0 Å². The van der Waals surface area contributed by atoms with Crippen LogP contribution in [0.4, 0.5) is 0 Å². The quantitative estimate of drug-likeness (QED) is 0.497. The molecule has 92 valence electrons. The summed E-state index contributed by atoms with van der Waals surface area (Å²) in [6.45, 7) is 0. The van der Waals surface area contributed by atoms with Crippen molar-refractivity contribution in [2.24, 2.45) is 0 Å². The lowest BCUT2D eigenvalue weighted by Gasteiger charge is -2.11. The molecule has 0 spiro atoms. The number of fused-ring (bicyclic) bond motifs is 3. The van der Waals surface area contributed by atoms with Crippen LogP contribution in [-0.2, 0) is 6.42 Å². The number of nitrogens with zero attached hydrogens (tertiary/aromatic N) is 2. The molecule has 4 rings (SSSR count). The van der Waals surface area contributed by atoms with Gasteiger partial charge in [-0.3, -0.25) is 0 Å². The van der Waals surface area contributed by atoms with Crippen LogP contribution in [0.15, 0.2) is 42.0 Å². The van der Waals surface area contributed by atoms with Crippen molar-refractivity contribution in [3.8, 4) is 0 Å². The molecule has 2 aromatic rings. The van der Waals surface area contributed by atoms with Gasteiger partial charge in [-0.15, -0.1) is 0 Å². The molecule has 0 amide bonds. The third-order valence-corrected chi connectivity index (χ3v) is 4.34. The molecule has 0 heterocycles. The van der Waals surface area contributed by atoms with Crippen LogP contribution >= 0.6 is 0 Å². The second kappa shape index (κ2) is 3.91. The van der Waals surface area contributed by atoms with Crippen LogP contribution in [0.1, 0.15) is 30.4 Å². The minimum atomic E-state index is 0.890. The van der Waals surface area contributed by atoms with E-state index in [-0.39, 0.29) is 0 Å². The Morgan fingerprint density at radius 3 is 2.53 bits per heavy atom. The second-order valence-electron chi connectivity index (χ2n) is 5.39. The van der Waals surface area contributed by atoms with Crippen molar-refractivity contribution in [2.75, 3.05) is 0 Å². The van der Waals surface area contributed by atoms with Crippen molar-refractivity contribution in [2.45, 2.75) is 25.7 Å². The highest BCUT2D eigenvalue weighted by molar-refractivity contribution is 6.08. The molecular formula is C17H14N2. The summed E-state index contributed by atoms with van der Waals surface area (Å²) in [4.78, 5) is 3.50.